The molecule has 2 aromatic carbocycles. The molecular formula is C20H16ClN3OS. The van der Waals surface area contributed by atoms with Gasteiger partial charge in [-0.25, -0.2) is 0 Å². The number of nitrogens with one attached hydrogen (secondary N) is 2. The first-order chi connectivity index (χ1) is 12.7. The Morgan fingerprint density at radius 3 is 2.65 bits per heavy atom. The molecule has 4 nitrogen and oxygen atoms in total. The van der Waals surface area contributed by atoms with Crippen LogP contribution in [0.2, 0.25) is 5.02 Å². The third kappa shape index (κ3) is 4.42. The lowest BCUT2D eigenvalue weighted by Gasteiger charge is -2.18. The molecule has 0 spiro atoms. The fourth-order valence-corrected chi connectivity index (χ4v) is 3.50. The van der Waals surface area contributed by atoms with Crippen molar-refractivity contribution in [3.05, 3.63) is 87.1 Å². The highest BCUT2D eigenvalue weighted by Gasteiger charge is 2.17. The summed E-state index contributed by atoms with van der Waals surface area (Å²) in [6.45, 7) is 0.0984. The third-order valence-electron chi connectivity index (χ3n) is 3.81. The molecule has 0 fully saturated rings. The molecule has 1 aromatic heterocycles. The molecule has 130 valence electrons. The summed E-state index contributed by atoms with van der Waals surface area (Å²) in [6.07, 6.45) is 0. The summed E-state index contributed by atoms with van der Waals surface area (Å²) >= 11 is 7.53. The van der Waals surface area contributed by atoms with Gasteiger partial charge in [-0.1, -0.05) is 48.0 Å². The maximum Gasteiger partial charge on any atom is 0.240 e. The third-order valence-corrected chi connectivity index (χ3v) is 5.07. The average molecular weight is 382 g/mol. The van der Waals surface area contributed by atoms with Crippen molar-refractivity contribution in [3.8, 4) is 6.07 Å². The van der Waals surface area contributed by atoms with E-state index in [1.807, 2.05) is 53.9 Å². The van der Waals surface area contributed by atoms with Crippen molar-refractivity contribution in [1.29, 1.82) is 5.26 Å². The Kier molecular flexibility index (Phi) is 5.90. The second-order valence-corrected chi connectivity index (χ2v) is 6.97. The fourth-order valence-electron chi connectivity index (χ4n) is 2.54. The van der Waals surface area contributed by atoms with Crippen molar-refractivity contribution in [2.24, 2.45) is 0 Å². The van der Waals surface area contributed by atoms with E-state index in [9.17, 15) is 4.79 Å². The van der Waals surface area contributed by atoms with Crippen LogP contribution >= 0.6 is 22.9 Å². The van der Waals surface area contributed by atoms with Crippen molar-refractivity contribution >= 4 is 34.5 Å². The van der Waals surface area contributed by atoms with Gasteiger partial charge in [-0.15, -0.1) is 11.3 Å². The summed E-state index contributed by atoms with van der Waals surface area (Å²) in [5.74, 6) is -0.138. The van der Waals surface area contributed by atoms with E-state index in [2.05, 4.69) is 10.6 Å². The van der Waals surface area contributed by atoms with Gasteiger partial charge in [-0.2, -0.15) is 5.26 Å². The second kappa shape index (κ2) is 8.52. The van der Waals surface area contributed by atoms with Crippen LogP contribution in [0.3, 0.4) is 0 Å². The maximum absolute atomic E-state index is 12.5. The summed E-state index contributed by atoms with van der Waals surface area (Å²) in [5.41, 5.74) is 2.08. The number of nitrogens with zero attached hydrogens (tertiary/aromatic N) is 1. The lowest BCUT2D eigenvalue weighted by atomic mass is 10.1. The number of benzene rings is 2. The van der Waals surface area contributed by atoms with E-state index in [0.29, 0.717) is 16.3 Å². The van der Waals surface area contributed by atoms with Crippen LogP contribution in [0.4, 0.5) is 5.69 Å². The maximum atomic E-state index is 12.5. The summed E-state index contributed by atoms with van der Waals surface area (Å²) in [7, 11) is 0. The van der Waals surface area contributed by atoms with Crippen LogP contribution in [0, 0.1) is 11.3 Å². The molecular weight excluding hydrogens is 366 g/mol. The van der Waals surface area contributed by atoms with Crippen LogP contribution in [0.25, 0.3) is 0 Å². The normalized spacial score (nSPS) is 11.4. The number of nitriles is 1. The monoisotopic (exact) mass is 381 g/mol. The number of hydrogen-bond acceptors (Lipinski definition) is 4. The lowest BCUT2D eigenvalue weighted by molar-refractivity contribution is -0.119. The molecule has 0 bridgehead atoms. The average Bonchev–Trinajstić information content (AvgIpc) is 3.20. The Morgan fingerprint density at radius 2 is 1.96 bits per heavy atom. The van der Waals surface area contributed by atoms with Crippen LogP contribution in [0.5, 0.6) is 0 Å². The first kappa shape index (κ1) is 18.0. The Hall–Kier alpha value is -2.81. The van der Waals surface area contributed by atoms with Gasteiger partial charge >= 0.3 is 0 Å². The lowest BCUT2D eigenvalue weighted by Crippen LogP contribution is -2.33. The minimum absolute atomic E-state index is 0.0984. The molecule has 0 saturated heterocycles. The predicted octanol–water partition coefficient (Wildman–Crippen LogP) is 4.59. The van der Waals surface area contributed by atoms with Crippen LogP contribution < -0.4 is 10.6 Å². The standard InChI is InChI=1S/C20H16ClN3OS/c21-17-9-8-16(11-15(17)12-22)23-13-19(25)24-20(18-7-4-10-26-18)14-5-2-1-3-6-14/h1-11,20,23H,13H2,(H,24,25). The van der Waals surface area contributed by atoms with Crippen molar-refractivity contribution in [2.75, 3.05) is 11.9 Å². The summed E-state index contributed by atoms with van der Waals surface area (Å²) in [4.78, 5) is 13.5. The molecule has 1 amide bonds. The van der Waals surface area contributed by atoms with Crippen LogP contribution in [0.1, 0.15) is 22.0 Å². The van der Waals surface area contributed by atoms with Crippen LogP contribution in [0.15, 0.2) is 66.0 Å². The fraction of sp³-hybridized carbons (Fsp3) is 0.100. The van der Waals surface area contributed by atoms with E-state index in [1.54, 1.807) is 29.5 Å². The minimum atomic E-state index is -0.189. The topological polar surface area (TPSA) is 64.9 Å². The van der Waals surface area contributed by atoms with Gasteiger partial charge in [0, 0.05) is 10.6 Å². The highest BCUT2D eigenvalue weighted by Crippen LogP contribution is 2.26. The number of carbonyl (C=O) groups excluding carboxylic acids is 1. The molecule has 3 rings (SSSR count). The van der Waals surface area contributed by atoms with Gasteiger partial charge in [0.15, 0.2) is 0 Å². The van der Waals surface area contributed by atoms with Crippen molar-refractivity contribution in [2.45, 2.75) is 6.04 Å². The number of amides is 1. The molecule has 0 radical (unpaired) electrons. The number of thiophene rings is 1. The van der Waals surface area contributed by atoms with Gasteiger partial charge in [0.2, 0.25) is 5.91 Å². The van der Waals surface area contributed by atoms with Crippen LogP contribution in [-0.4, -0.2) is 12.5 Å². The summed E-state index contributed by atoms with van der Waals surface area (Å²) in [5, 5.41) is 17.5. The molecule has 0 aliphatic heterocycles. The number of carbonyl (C=O) groups is 1. The quantitative estimate of drug-likeness (QED) is 0.656. The van der Waals surface area contributed by atoms with E-state index < -0.39 is 0 Å². The number of halogens is 1. The first-order valence-electron chi connectivity index (χ1n) is 7.98. The van der Waals surface area contributed by atoms with Crippen LogP contribution in [-0.2, 0) is 4.79 Å². The summed E-state index contributed by atoms with van der Waals surface area (Å²) < 4.78 is 0. The van der Waals surface area contributed by atoms with Crippen molar-refractivity contribution < 1.29 is 4.79 Å². The zero-order valence-electron chi connectivity index (χ0n) is 13.8. The SMILES string of the molecule is N#Cc1cc(NCC(=O)NC(c2ccccc2)c2cccs2)ccc1Cl. The highest BCUT2D eigenvalue weighted by atomic mass is 35.5. The molecule has 0 aliphatic carbocycles. The Balaban J connectivity index is 1.68. The second-order valence-electron chi connectivity index (χ2n) is 5.59. The number of rotatable bonds is 6. The van der Waals surface area contributed by atoms with Gasteiger partial charge in [-0.3, -0.25) is 4.79 Å². The molecule has 1 atom stereocenters. The predicted molar refractivity (Wildman–Crippen MR) is 105 cm³/mol. The molecule has 0 saturated carbocycles. The zero-order chi connectivity index (χ0) is 18.4. The smallest absolute Gasteiger partial charge is 0.240 e. The Labute approximate surface area is 161 Å². The van der Waals surface area contributed by atoms with E-state index in [0.717, 1.165) is 10.4 Å². The first-order valence-corrected chi connectivity index (χ1v) is 9.24. The Morgan fingerprint density at radius 1 is 1.15 bits per heavy atom. The van der Waals surface area contributed by atoms with Gasteiger partial charge in [0.05, 0.1) is 23.2 Å². The molecule has 1 unspecified atom stereocenters. The molecule has 26 heavy (non-hydrogen) atoms. The molecule has 6 heteroatoms. The van der Waals surface area contributed by atoms with Gasteiger partial charge in [0.25, 0.3) is 0 Å². The number of hydrogen-bond donors (Lipinski definition) is 2. The van der Waals surface area contributed by atoms with Gasteiger partial charge in [-0.05, 0) is 35.2 Å². The molecule has 3 aromatic rings. The molecule has 1 heterocycles. The number of anilines is 1. The summed E-state index contributed by atoms with van der Waals surface area (Å²) in [6, 6.07) is 20.7. The van der Waals surface area contributed by atoms with E-state index in [-0.39, 0.29) is 18.5 Å². The molecule has 0 aliphatic rings. The zero-order valence-corrected chi connectivity index (χ0v) is 15.3. The van der Waals surface area contributed by atoms with Crippen molar-refractivity contribution in [3.63, 3.8) is 0 Å². The van der Waals surface area contributed by atoms with E-state index in [4.69, 9.17) is 16.9 Å². The highest BCUT2D eigenvalue weighted by molar-refractivity contribution is 7.10. The van der Waals surface area contributed by atoms with Gasteiger partial charge < -0.3 is 10.6 Å². The largest absolute Gasteiger partial charge is 0.376 e. The van der Waals surface area contributed by atoms with Gasteiger partial charge in [0.1, 0.15) is 6.07 Å². The van der Waals surface area contributed by atoms with Crippen molar-refractivity contribution in [1.82, 2.24) is 5.32 Å². The minimum Gasteiger partial charge on any atom is -0.376 e. The van der Waals surface area contributed by atoms with E-state index in [1.165, 1.54) is 0 Å². The Bertz CT molecular complexity index is 920. The molecule has 2 N–H and O–H groups in total. The van der Waals surface area contributed by atoms with E-state index >= 15 is 0 Å².